The highest BCUT2D eigenvalue weighted by Gasteiger charge is 2.28. The van der Waals surface area contributed by atoms with E-state index in [1.165, 1.54) is 18.9 Å². The lowest BCUT2D eigenvalue weighted by Gasteiger charge is -2.12. The first-order chi connectivity index (χ1) is 11.5. The molecule has 0 saturated carbocycles. The molecule has 1 aromatic carbocycles. The fraction of sp³-hybridized carbons (Fsp3) is 0.353. The second-order valence-corrected chi connectivity index (χ2v) is 6.35. The minimum Gasteiger partial charge on any atom is -0.467 e. The Morgan fingerprint density at radius 1 is 1.29 bits per heavy atom. The molecule has 0 aromatic heterocycles. The number of alkyl carbamates (subject to hydrolysis) is 1. The Hall–Kier alpha value is -2.28. The third kappa shape index (κ3) is 4.86. The maximum Gasteiger partial charge on any atom is 0.412 e. The van der Waals surface area contributed by atoms with E-state index in [0.717, 1.165) is 11.1 Å². The number of benzene rings is 1. The standard InChI is InChI=1S/C17H20N2O4S/c1-11(2)14(15-18-13(10-24-15)16(20)22-3)19-17(21)23-9-12-7-5-4-6-8-12/h4-8,13H,9-10H2,1-3H3,(H,19,21)/t13-/m0/s1. The Kier molecular flexibility index (Phi) is 6.43. The first-order valence-corrected chi connectivity index (χ1v) is 8.43. The predicted molar refractivity (Wildman–Crippen MR) is 93.8 cm³/mol. The third-order valence-corrected chi connectivity index (χ3v) is 4.34. The second-order valence-electron chi connectivity index (χ2n) is 5.35. The number of ether oxygens (including phenoxy) is 2. The normalized spacial score (nSPS) is 16.1. The lowest BCUT2D eigenvalue weighted by atomic mass is 10.2. The van der Waals surface area contributed by atoms with Crippen LogP contribution < -0.4 is 5.32 Å². The number of nitrogens with one attached hydrogen (secondary N) is 1. The monoisotopic (exact) mass is 348 g/mol. The second kappa shape index (κ2) is 8.54. The Labute approximate surface area is 145 Å². The van der Waals surface area contributed by atoms with Gasteiger partial charge in [0.15, 0.2) is 6.04 Å². The van der Waals surface area contributed by atoms with Crippen LogP contribution in [0, 0.1) is 0 Å². The van der Waals surface area contributed by atoms with Crippen molar-refractivity contribution in [2.24, 2.45) is 4.99 Å². The number of rotatable bonds is 5. The molecule has 1 atom stereocenters. The number of methoxy groups -OCH3 is 1. The van der Waals surface area contributed by atoms with Crippen LogP contribution >= 0.6 is 11.8 Å². The Bertz CT molecular complexity index is 666. The first kappa shape index (κ1) is 18.1. The van der Waals surface area contributed by atoms with E-state index < -0.39 is 12.1 Å². The minimum absolute atomic E-state index is 0.188. The number of hydrogen-bond donors (Lipinski definition) is 1. The van der Waals surface area contributed by atoms with Crippen LogP contribution in [0.3, 0.4) is 0 Å². The molecular formula is C17H20N2O4S. The topological polar surface area (TPSA) is 77.0 Å². The van der Waals surface area contributed by atoms with Crippen LogP contribution in [-0.4, -0.2) is 36.0 Å². The fourth-order valence-electron chi connectivity index (χ4n) is 2.02. The van der Waals surface area contributed by atoms with Crippen molar-refractivity contribution in [1.29, 1.82) is 0 Å². The molecule has 128 valence electrons. The summed E-state index contributed by atoms with van der Waals surface area (Å²) in [5, 5.41) is 3.33. The molecule has 1 aliphatic heterocycles. The Balaban J connectivity index is 1.98. The smallest absolute Gasteiger partial charge is 0.412 e. The van der Waals surface area contributed by atoms with Crippen molar-refractivity contribution in [3.8, 4) is 0 Å². The largest absolute Gasteiger partial charge is 0.467 e. The molecule has 1 aliphatic rings. The number of allylic oxidation sites excluding steroid dienone is 1. The van der Waals surface area contributed by atoms with E-state index in [4.69, 9.17) is 9.47 Å². The fourth-order valence-corrected chi connectivity index (χ4v) is 3.15. The van der Waals surface area contributed by atoms with Gasteiger partial charge in [0.25, 0.3) is 0 Å². The molecule has 7 heteroatoms. The quantitative estimate of drug-likeness (QED) is 0.828. The van der Waals surface area contributed by atoms with Crippen LogP contribution in [0.5, 0.6) is 0 Å². The van der Waals surface area contributed by atoms with Crippen LogP contribution in [-0.2, 0) is 20.9 Å². The number of thioether (sulfide) groups is 1. The maximum absolute atomic E-state index is 12.0. The average molecular weight is 348 g/mol. The molecule has 2 rings (SSSR count). The highest BCUT2D eigenvalue weighted by molar-refractivity contribution is 8.14. The van der Waals surface area contributed by atoms with Crippen LogP contribution in [0.15, 0.2) is 46.6 Å². The van der Waals surface area contributed by atoms with Crippen LogP contribution in [0.4, 0.5) is 4.79 Å². The molecule has 1 N–H and O–H groups in total. The van der Waals surface area contributed by atoms with E-state index in [-0.39, 0.29) is 12.6 Å². The van der Waals surface area contributed by atoms with Crippen molar-refractivity contribution in [2.75, 3.05) is 12.9 Å². The first-order valence-electron chi connectivity index (χ1n) is 7.45. The van der Waals surface area contributed by atoms with Gasteiger partial charge in [0.05, 0.1) is 12.8 Å². The molecule has 0 radical (unpaired) electrons. The van der Waals surface area contributed by atoms with E-state index >= 15 is 0 Å². The molecule has 0 unspecified atom stereocenters. The minimum atomic E-state index is -0.556. The van der Waals surface area contributed by atoms with E-state index in [0.29, 0.717) is 16.5 Å². The van der Waals surface area contributed by atoms with Crippen LogP contribution in [0.2, 0.25) is 0 Å². The summed E-state index contributed by atoms with van der Waals surface area (Å²) in [7, 11) is 1.33. The zero-order chi connectivity index (χ0) is 17.5. The van der Waals surface area contributed by atoms with Crippen molar-refractivity contribution >= 4 is 28.9 Å². The summed E-state index contributed by atoms with van der Waals surface area (Å²) in [4.78, 5) is 27.9. The van der Waals surface area contributed by atoms with Gasteiger partial charge in [-0.05, 0) is 25.0 Å². The lowest BCUT2D eigenvalue weighted by Crippen LogP contribution is -2.27. The Morgan fingerprint density at radius 2 is 2.00 bits per heavy atom. The van der Waals surface area contributed by atoms with Crippen molar-refractivity contribution < 1.29 is 19.1 Å². The molecule has 1 heterocycles. The predicted octanol–water partition coefficient (Wildman–Crippen LogP) is 2.89. The SMILES string of the molecule is COC(=O)[C@@H]1CSC(C(NC(=O)OCc2ccccc2)=C(C)C)=N1. The molecular weight excluding hydrogens is 328 g/mol. The van der Waals surface area contributed by atoms with Crippen molar-refractivity contribution in [3.63, 3.8) is 0 Å². The molecule has 6 nitrogen and oxygen atoms in total. The zero-order valence-corrected chi connectivity index (χ0v) is 14.7. The number of nitrogens with zero attached hydrogens (tertiary/aromatic N) is 1. The summed E-state index contributed by atoms with van der Waals surface area (Å²) in [5.41, 5.74) is 2.36. The maximum atomic E-state index is 12.0. The number of carbonyl (C=O) groups is 2. The van der Waals surface area contributed by atoms with Gasteiger partial charge in [-0.2, -0.15) is 0 Å². The molecule has 0 saturated heterocycles. The zero-order valence-electron chi connectivity index (χ0n) is 13.9. The summed E-state index contributed by atoms with van der Waals surface area (Å²) in [5.74, 6) is 0.122. The molecule has 0 aliphatic carbocycles. The number of aliphatic imine (C=N–C) groups is 1. The van der Waals surface area contributed by atoms with Gasteiger partial charge in [-0.15, -0.1) is 11.8 Å². The molecule has 0 fully saturated rings. The van der Waals surface area contributed by atoms with Crippen molar-refractivity contribution in [3.05, 3.63) is 47.2 Å². The highest BCUT2D eigenvalue weighted by atomic mass is 32.2. The van der Waals surface area contributed by atoms with E-state index in [1.54, 1.807) is 0 Å². The summed E-state index contributed by atoms with van der Waals surface area (Å²) in [6, 6.07) is 8.90. The molecule has 24 heavy (non-hydrogen) atoms. The van der Waals surface area contributed by atoms with Gasteiger partial charge in [0, 0.05) is 5.75 Å². The van der Waals surface area contributed by atoms with E-state index in [2.05, 4.69) is 10.3 Å². The van der Waals surface area contributed by atoms with E-state index in [9.17, 15) is 9.59 Å². The van der Waals surface area contributed by atoms with Gasteiger partial charge in [0.1, 0.15) is 11.7 Å². The van der Waals surface area contributed by atoms with Gasteiger partial charge in [-0.1, -0.05) is 30.3 Å². The van der Waals surface area contributed by atoms with Gasteiger partial charge in [0.2, 0.25) is 0 Å². The summed E-state index contributed by atoms with van der Waals surface area (Å²) >= 11 is 1.41. The van der Waals surface area contributed by atoms with Crippen molar-refractivity contribution in [1.82, 2.24) is 5.32 Å². The number of hydrogen-bond acceptors (Lipinski definition) is 6. The summed E-state index contributed by atoms with van der Waals surface area (Å²) in [6.07, 6.45) is -0.556. The Morgan fingerprint density at radius 3 is 2.62 bits per heavy atom. The van der Waals surface area contributed by atoms with Gasteiger partial charge >= 0.3 is 12.1 Å². The van der Waals surface area contributed by atoms with E-state index in [1.807, 2.05) is 44.2 Å². The summed E-state index contributed by atoms with van der Waals surface area (Å²) < 4.78 is 9.93. The van der Waals surface area contributed by atoms with Gasteiger partial charge in [-0.25, -0.2) is 9.59 Å². The molecule has 0 spiro atoms. The molecule has 1 amide bonds. The van der Waals surface area contributed by atoms with Crippen LogP contribution in [0.1, 0.15) is 19.4 Å². The number of carbonyl (C=O) groups excluding carboxylic acids is 2. The lowest BCUT2D eigenvalue weighted by molar-refractivity contribution is -0.141. The van der Waals surface area contributed by atoms with Gasteiger partial charge in [-0.3, -0.25) is 10.3 Å². The number of esters is 1. The molecule has 1 aromatic rings. The average Bonchev–Trinajstić information content (AvgIpc) is 3.07. The van der Waals surface area contributed by atoms with Gasteiger partial charge < -0.3 is 9.47 Å². The molecule has 0 bridgehead atoms. The highest BCUT2D eigenvalue weighted by Crippen LogP contribution is 2.24. The van der Waals surface area contributed by atoms with Crippen LogP contribution in [0.25, 0.3) is 0 Å². The summed E-state index contributed by atoms with van der Waals surface area (Å²) in [6.45, 7) is 3.91. The van der Waals surface area contributed by atoms with Crippen molar-refractivity contribution in [2.45, 2.75) is 26.5 Å². The number of amides is 1. The third-order valence-electron chi connectivity index (χ3n) is 3.28.